The van der Waals surface area contributed by atoms with Gasteiger partial charge in [-0.1, -0.05) is 6.92 Å². The van der Waals surface area contributed by atoms with Gasteiger partial charge in [0, 0.05) is 19.5 Å². The zero-order valence-corrected chi connectivity index (χ0v) is 11.0. The molecule has 1 amide bonds. The maximum Gasteiger partial charge on any atom is 0.303 e. The monoisotopic (exact) mass is 260 g/mol. The van der Waals surface area contributed by atoms with Crippen molar-refractivity contribution in [3.05, 3.63) is 0 Å². The van der Waals surface area contributed by atoms with Gasteiger partial charge in [-0.3, -0.25) is 4.79 Å². The molecule has 1 atom stereocenters. The third-order valence-electron chi connectivity index (χ3n) is 3.58. The van der Waals surface area contributed by atoms with Gasteiger partial charge in [-0.15, -0.1) is 0 Å². The summed E-state index contributed by atoms with van der Waals surface area (Å²) in [5, 5.41) is 0. The lowest BCUT2D eigenvalue weighted by Crippen LogP contribution is -2.42. The van der Waals surface area contributed by atoms with Gasteiger partial charge in [0.1, 0.15) is 0 Å². The van der Waals surface area contributed by atoms with Crippen molar-refractivity contribution in [2.24, 2.45) is 11.8 Å². The molecule has 0 radical (unpaired) electrons. The molecule has 1 aliphatic carbocycles. The Morgan fingerprint density at radius 2 is 1.94 bits per heavy atom. The van der Waals surface area contributed by atoms with E-state index in [0.717, 1.165) is 12.8 Å². The van der Waals surface area contributed by atoms with Crippen molar-refractivity contribution in [3.63, 3.8) is 0 Å². The van der Waals surface area contributed by atoms with Crippen LogP contribution in [0.1, 0.15) is 39.0 Å². The maximum absolute atomic E-state index is 11.8. The second kappa shape index (κ2) is 4.94. The van der Waals surface area contributed by atoms with Crippen LogP contribution in [0.2, 0.25) is 0 Å². The van der Waals surface area contributed by atoms with Crippen LogP contribution in [-0.2, 0) is 15.0 Å². The number of rotatable bonds is 5. The highest BCUT2D eigenvalue weighted by atomic mass is 32.2. The third kappa shape index (κ3) is 3.42. The Kier molecular flexibility index (Phi) is 3.73. The van der Waals surface area contributed by atoms with Gasteiger partial charge in [-0.05, 0) is 37.5 Å². The number of hydrogen-bond acceptors (Lipinski definition) is 3. The van der Waals surface area contributed by atoms with Crippen molar-refractivity contribution in [1.29, 1.82) is 0 Å². The molecule has 1 heterocycles. The van der Waals surface area contributed by atoms with Crippen LogP contribution < -0.4 is 4.72 Å². The molecule has 2 rings (SSSR count). The number of carbonyl (C=O) groups is 1. The number of amides is 1. The first-order valence-corrected chi connectivity index (χ1v) is 7.74. The highest BCUT2D eigenvalue weighted by Crippen LogP contribution is 2.38. The van der Waals surface area contributed by atoms with Gasteiger partial charge in [0.25, 0.3) is 0 Å². The highest BCUT2D eigenvalue weighted by Gasteiger charge is 2.31. The Morgan fingerprint density at radius 3 is 2.47 bits per heavy atom. The van der Waals surface area contributed by atoms with E-state index < -0.39 is 10.2 Å². The minimum atomic E-state index is -3.58. The van der Waals surface area contributed by atoms with Crippen LogP contribution in [0.15, 0.2) is 0 Å². The molecule has 1 aliphatic heterocycles. The van der Waals surface area contributed by atoms with Gasteiger partial charge in [-0.2, -0.15) is 12.7 Å². The van der Waals surface area contributed by atoms with Crippen LogP contribution in [0.25, 0.3) is 0 Å². The summed E-state index contributed by atoms with van der Waals surface area (Å²) in [6, 6.07) is 0. The normalized spacial score (nSPS) is 23.6. The summed E-state index contributed by atoms with van der Waals surface area (Å²) < 4.78 is 27.1. The van der Waals surface area contributed by atoms with Crippen LogP contribution in [-0.4, -0.2) is 31.7 Å². The van der Waals surface area contributed by atoms with E-state index in [4.69, 9.17) is 0 Å². The number of hydrogen-bond donors (Lipinski definition) is 1. The summed E-state index contributed by atoms with van der Waals surface area (Å²) in [6.45, 7) is 3.07. The number of nitrogens with one attached hydrogen (secondary N) is 1. The second-order valence-corrected chi connectivity index (χ2v) is 6.83. The smallest absolute Gasteiger partial charge is 0.274 e. The molecule has 1 saturated heterocycles. The van der Waals surface area contributed by atoms with E-state index in [1.54, 1.807) is 0 Å². The van der Waals surface area contributed by atoms with Gasteiger partial charge in [-0.25, -0.2) is 4.72 Å². The van der Waals surface area contributed by atoms with Crippen molar-refractivity contribution >= 4 is 16.1 Å². The maximum atomic E-state index is 11.8. The largest absolute Gasteiger partial charge is 0.303 e. The van der Waals surface area contributed by atoms with Crippen LogP contribution in [0.3, 0.4) is 0 Å². The second-order valence-electron chi connectivity index (χ2n) is 5.16. The Balaban J connectivity index is 1.84. The SMILES string of the molecule is C[C@@H](CC(=O)NS(=O)(=O)N1CCCC1)C1CC1. The van der Waals surface area contributed by atoms with E-state index in [1.807, 2.05) is 6.92 Å². The fourth-order valence-corrected chi connectivity index (χ4v) is 3.54. The number of nitrogens with zero attached hydrogens (tertiary/aromatic N) is 1. The summed E-state index contributed by atoms with van der Waals surface area (Å²) in [5.41, 5.74) is 0. The minimum absolute atomic E-state index is 0.295. The van der Waals surface area contributed by atoms with Gasteiger partial charge in [0.2, 0.25) is 5.91 Å². The van der Waals surface area contributed by atoms with Crippen LogP contribution in [0.5, 0.6) is 0 Å². The molecule has 1 N–H and O–H groups in total. The summed E-state index contributed by atoms with van der Waals surface area (Å²) in [6.07, 6.45) is 4.43. The van der Waals surface area contributed by atoms with E-state index in [0.29, 0.717) is 31.3 Å². The van der Waals surface area contributed by atoms with Crippen molar-refractivity contribution in [2.45, 2.75) is 39.0 Å². The van der Waals surface area contributed by atoms with E-state index in [-0.39, 0.29) is 5.91 Å². The molecule has 0 unspecified atom stereocenters. The van der Waals surface area contributed by atoms with Crippen molar-refractivity contribution < 1.29 is 13.2 Å². The standard InChI is InChI=1S/C11H20N2O3S/c1-9(10-4-5-10)8-11(14)12-17(15,16)13-6-2-3-7-13/h9-10H,2-8H2,1H3,(H,12,14)/t9-/m0/s1. The highest BCUT2D eigenvalue weighted by molar-refractivity contribution is 7.87. The molecule has 0 bridgehead atoms. The average molecular weight is 260 g/mol. The van der Waals surface area contributed by atoms with Crippen LogP contribution in [0.4, 0.5) is 0 Å². The molecular formula is C11H20N2O3S. The first kappa shape index (κ1) is 12.8. The zero-order chi connectivity index (χ0) is 12.5. The first-order valence-electron chi connectivity index (χ1n) is 6.30. The average Bonchev–Trinajstić information content (AvgIpc) is 2.92. The molecule has 2 fully saturated rings. The summed E-state index contributed by atoms with van der Waals surface area (Å²) in [5.74, 6) is 0.551. The predicted molar refractivity (Wildman–Crippen MR) is 64.4 cm³/mol. The molecule has 0 aromatic rings. The number of carbonyl (C=O) groups excluding carboxylic acids is 1. The van der Waals surface area contributed by atoms with E-state index >= 15 is 0 Å². The van der Waals surface area contributed by atoms with Gasteiger partial charge in [0.05, 0.1) is 0 Å². The Labute approximate surface area is 103 Å². The van der Waals surface area contributed by atoms with Crippen molar-refractivity contribution in [2.75, 3.05) is 13.1 Å². The third-order valence-corrected chi connectivity index (χ3v) is 5.11. The molecule has 17 heavy (non-hydrogen) atoms. The zero-order valence-electron chi connectivity index (χ0n) is 10.2. The van der Waals surface area contributed by atoms with E-state index in [9.17, 15) is 13.2 Å². The van der Waals surface area contributed by atoms with Gasteiger partial charge >= 0.3 is 10.2 Å². The topological polar surface area (TPSA) is 66.5 Å². The molecule has 0 aromatic carbocycles. The lowest BCUT2D eigenvalue weighted by atomic mass is 10.0. The predicted octanol–water partition coefficient (Wildman–Crippen LogP) is 0.879. The quantitative estimate of drug-likeness (QED) is 0.798. The Morgan fingerprint density at radius 1 is 1.35 bits per heavy atom. The van der Waals surface area contributed by atoms with Crippen molar-refractivity contribution in [3.8, 4) is 0 Å². The lowest BCUT2D eigenvalue weighted by Gasteiger charge is -2.17. The van der Waals surface area contributed by atoms with E-state index in [1.165, 1.54) is 17.1 Å². The van der Waals surface area contributed by atoms with Crippen LogP contribution in [0, 0.1) is 11.8 Å². The summed E-state index contributed by atoms with van der Waals surface area (Å²) >= 11 is 0. The minimum Gasteiger partial charge on any atom is -0.274 e. The van der Waals surface area contributed by atoms with Gasteiger partial charge in [0.15, 0.2) is 0 Å². The molecule has 2 aliphatic rings. The Bertz CT molecular complexity index is 384. The van der Waals surface area contributed by atoms with Gasteiger partial charge < -0.3 is 0 Å². The molecule has 98 valence electrons. The molecule has 0 aromatic heterocycles. The summed E-state index contributed by atoms with van der Waals surface area (Å²) in [4.78, 5) is 11.6. The fourth-order valence-electron chi connectivity index (χ4n) is 2.30. The summed E-state index contributed by atoms with van der Waals surface area (Å²) in [7, 11) is -3.58. The molecular weight excluding hydrogens is 240 g/mol. The van der Waals surface area contributed by atoms with Crippen molar-refractivity contribution in [1.82, 2.24) is 9.03 Å². The lowest BCUT2D eigenvalue weighted by molar-refractivity contribution is -0.120. The first-order chi connectivity index (χ1) is 7.99. The molecule has 5 nitrogen and oxygen atoms in total. The Hall–Kier alpha value is -0.620. The van der Waals surface area contributed by atoms with Crippen LogP contribution >= 0.6 is 0 Å². The molecule has 0 spiro atoms. The molecule has 1 saturated carbocycles. The molecule has 6 heteroatoms. The van der Waals surface area contributed by atoms with E-state index in [2.05, 4.69) is 4.72 Å². The fraction of sp³-hybridized carbons (Fsp3) is 0.909.